The molecule has 2 N–H and O–H groups in total. The van der Waals surface area contributed by atoms with Crippen molar-refractivity contribution in [3.63, 3.8) is 0 Å². The van der Waals surface area contributed by atoms with Crippen molar-refractivity contribution in [2.24, 2.45) is 11.8 Å². The van der Waals surface area contributed by atoms with Crippen molar-refractivity contribution in [3.05, 3.63) is 24.4 Å². The average Bonchev–Trinajstić information content (AvgIpc) is 2.50. The monoisotopic (exact) mass is 261 g/mol. The molecule has 106 valence electrons. The van der Waals surface area contributed by atoms with Gasteiger partial charge in [-0.05, 0) is 76.0 Å². The summed E-state index contributed by atoms with van der Waals surface area (Å²) in [5, 5.41) is 7.02. The van der Waals surface area contributed by atoms with E-state index in [9.17, 15) is 0 Å². The van der Waals surface area contributed by atoms with Crippen LogP contribution in [0.2, 0.25) is 0 Å². The molecule has 3 heterocycles. The number of dihydropyridines is 1. The normalized spacial score (nSPS) is 33.3. The third-order valence-electron chi connectivity index (χ3n) is 4.87. The molecule has 0 spiro atoms. The van der Waals surface area contributed by atoms with Gasteiger partial charge in [-0.25, -0.2) is 0 Å². The number of nitrogens with one attached hydrogen (secondary N) is 2. The third-order valence-corrected chi connectivity index (χ3v) is 4.87. The van der Waals surface area contributed by atoms with E-state index in [0.29, 0.717) is 6.04 Å². The summed E-state index contributed by atoms with van der Waals surface area (Å²) in [6, 6.07) is 0.573. The molecule has 19 heavy (non-hydrogen) atoms. The largest absolute Gasteiger partial charge is 0.384 e. The van der Waals surface area contributed by atoms with Gasteiger partial charge in [0.25, 0.3) is 0 Å². The molecule has 0 saturated carbocycles. The van der Waals surface area contributed by atoms with E-state index in [-0.39, 0.29) is 0 Å². The molecule has 0 aromatic carbocycles. The van der Waals surface area contributed by atoms with Crippen molar-refractivity contribution in [1.82, 2.24) is 15.5 Å². The Morgan fingerprint density at radius 2 is 2.00 bits per heavy atom. The van der Waals surface area contributed by atoms with Crippen LogP contribution < -0.4 is 10.6 Å². The van der Waals surface area contributed by atoms with Gasteiger partial charge in [-0.15, -0.1) is 0 Å². The van der Waals surface area contributed by atoms with Crippen molar-refractivity contribution in [3.8, 4) is 0 Å². The predicted molar refractivity (Wildman–Crippen MR) is 80.0 cm³/mol. The molecule has 0 aliphatic carbocycles. The zero-order valence-electron chi connectivity index (χ0n) is 11.9. The van der Waals surface area contributed by atoms with Crippen molar-refractivity contribution in [2.45, 2.75) is 31.7 Å². The summed E-state index contributed by atoms with van der Waals surface area (Å²) < 4.78 is 0. The number of hydrogen-bond acceptors (Lipinski definition) is 3. The van der Waals surface area contributed by atoms with E-state index in [1.807, 2.05) is 0 Å². The Morgan fingerprint density at radius 1 is 1.11 bits per heavy atom. The lowest BCUT2D eigenvalue weighted by atomic mass is 9.87. The lowest BCUT2D eigenvalue weighted by Crippen LogP contribution is -2.45. The number of likely N-dealkylation sites (tertiary alicyclic amines) is 1. The Kier molecular flexibility index (Phi) is 4.57. The van der Waals surface area contributed by atoms with Crippen molar-refractivity contribution >= 4 is 0 Å². The summed E-state index contributed by atoms with van der Waals surface area (Å²) in [5.74, 6) is 1.71. The second kappa shape index (κ2) is 6.58. The van der Waals surface area contributed by atoms with E-state index >= 15 is 0 Å². The van der Waals surface area contributed by atoms with Crippen molar-refractivity contribution in [1.29, 1.82) is 0 Å². The van der Waals surface area contributed by atoms with E-state index in [2.05, 4.69) is 40.0 Å². The smallest absolute Gasteiger partial charge is 0.0471 e. The Bertz CT molecular complexity index is 323. The van der Waals surface area contributed by atoms with E-state index < -0.39 is 0 Å². The van der Waals surface area contributed by atoms with Gasteiger partial charge < -0.3 is 15.5 Å². The highest BCUT2D eigenvalue weighted by Crippen LogP contribution is 2.24. The fraction of sp³-hybridized carbons (Fsp3) is 0.750. The van der Waals surface area contributed by atoms with Crippen LogP contribution in [0.5, 0.6) is 0 Å². The minimum atomic E-state index is 0.573. The van der Waals surface area contributed by atoms with E-state index in [1.54, 1.807) is 0 Å². The first kappa shape index (κ1) is 13.2. The standard InChI is InChI=1S/C16H27N3/c1-2-9-18-16(5-1)15-6-10-19(11-7-15)13-14-4-3-8-17-12-14/h1-2,5,9,14-18H,3-4,6-8,10-13H2. The molecule has 3 rings (SSSR count). The second-order valence-corrected chi connectivity index (χ2v) is 6.29. The highest BCUT2D eigenvalue weighted by atomic mass is 15.1. The number of hydrogen-bond donors (Lipinski definition) is 2. The molecule has 3 aliphatic heterocycles. The molecule has 3 aliphatic rings. The molecule has 2 unspecified atom stereocenters. The van der Waals surface area contributed by atoms with Crippen LogP contribution in [0, 0.1) is 11.8 Å². The van der Waals surface area contributed by atoms with Crippen LogP contribution in [-0.2, 0) is 0 Å². The fourth-order valence-electron chi connectivity index (χ4n) is 3.69. The van der Waals surface area contributed by atoms with Crippen molar-refractivity contribution in [2.75, 3.05) is 32.7 Å². The predicted octanol–water partition coefficient (Wildman–Crippen LogP) is 1.74. The van der Waals surface area contributed by atoms with Gasteiger partial charge in [0.2, 0.25) is 0 Å². The van der Waals surface area contributed by atoms with Gasteiger partial charge in [0, 0.05) is 12.6 Å². The van der Waals surface area contributed by atoms with Gasteiger partial charge in [0.1, 0.15) is 0 Å². The van der Waals surface area contributed by atoms with Crippen molar-refractivity contribution < 1.29 is 0 Å². The van der Waals surface area contributed by atoms with Gasteiger partial charge in [0.15, 0.2) is 0 Å². The maximum Gasteiger partial charge on any atom is 0.0471 e. The quantitative estimate of drug-likeness (QED) is 0.810. The third kappa shape index (κ3) is 3.61. The highest BCUT2D eigenvalue weighted by Gasteiger charge is 2.26. The summed E-state index contributed by atoms with van der Waals surface area (Å²) in [6.45, 7) is 6.35. The molecule has 0 radical (unpaired) electrons. The molecule has 0 aromatic rings. The summed E-state index contributed by atoms with van der Waals surface area (Å²) in [5.41, 5.74) is 0. The van der Waals surface area contributed by atoms with Crippen LogP contribution in [-0.4, -0.2) is 43.7 Å². The van der Waals surface area contributed by atoms with Crippen LogP contribution >= 0.6 is 0 Å². The summed E-state index contributed by atoms with van der Waals surface area (Å²) in [4.78, 5) is 2.69. The SMILES string of the molecule is C1=CNC(C2CCN(CC3CCCNC3)CC2)C=C1. The van der Waals surface area contributed by atoms with Crippen LogP contribution in [0.25, 0.3) is 0 Å². The lowest BCUT2D eigenvalue weighted by Gasteiger charge is -2.38. The molecule has 2 fully saturated rings. The van der Waals surface area contributed by atoms with Gasteiger partial charge in [-0.1, -0.05) is 12.2 Å². The zero-order valence-corrected chi connectivity index (χ0v) is 11.9. The number of allylic oxidation sites excluding steroid dienone is 2. The van der Waals surface area contributed by atoms with Crippen LogP contribution in [0.3, 0.4) is 0 Å². The average molecular weight is 261 g/mol. The molecular weight excluding hydrogens is 234 g/mol. The second-order valence-electron chi connectivity index (χ2n) is 6.29. The summed E-state index contributed by atoms with van der Waals surface area (Å²) in [6.07, 6.45) is 14.2. The van der Waals surface area contributed by atoms with Gasteiger partial charge >= 0.3 is 0 Å². The molecule has 3 heteroatoms. The number of rotatable bonds is 3. The molecule has 0 amide bonds. The van der Waals surface area contributed by atoms with Gasteiger partial charge in [-0.2, -0.15) is 0 Å². The topological polar surface area (TPSA) is 27.3 Å². The first-order valence-corrected chi connectivity index (χ1v) is 7.94. The molecule has 2 saturated heterocycles. The minimum Gasteiger partial charge on any atom is -0.384 e. The van der Waals surface area contributed by atoms with Gasteiger partial charge in [-0.3, -0.25) is 0 Å². The first-order chi connectivity index (χ1) is 9.42. The Labute approximate surface area is 117 Å². The molecular formula is C16H27N3. The molecule has 0 aromatic heterocycles. The summed E-state index contributed by atoms with van der Waals surface area (Å²) >= 11 is 0. The summed E-state index contributed by atoms with van der Waals surface area (Å²) in [7, 11) is 0. The van der Waals surface area contributed by atoms with E-state index in [0.717, 1.165) is 11.8 Å². The molecule has 3 nitrogen and oxygen atoms in total. The van der Waals surface area contributed by atoms with Crippen LogP contribution in [0.1, 0.15) is 25.7 Å². The Hall–Kier alpha value is -0.800. The lowest BCUT2D eigenvalue weighted by molar-refractivity contribution is 0.142. The highest BCUT2D eigenvalue weighted by molar-refractivity contribution is 5.13. The van der Waals surface area contributed by atoms with Crippen LogP contribution in [0.4, 0.5) is 0 Å². The maximum absolute atomic E-state index is 3.53. The maximum atomic E-state index is 3.53. The number of piperidine rings is 2. The zero-order chi connectivity index (χ0) is 12.9. The minimum absolute atomic E-state index is 0.573. The Morgan fingerprint density at radius 3 is 2.68 bits per heavy atom. The van der Waals surface area contributed by atoms with E-state index in [4.69, 9.17) is 0 Å². The van der Waals surface area contributed by atoms with Crippen LogP contribution in [0.15, 0.2) is 24.4 Å². The number of nitrogens with zero attached hydrogens (tertiary/aromatic N) is 1. The molecule has 2 atom stereocenters. The fourth-order valence-corrected chi connectivity index (χ4v) is 3.69. The first-order valence-electron chi connectivity index (χ1n) is 7.94. The van der Waals surface area contributed by atoms with E-state index in [1.165, 1.54) is 58.4 Å². The molecule has 0 bridgehead atoms. The Balaban J connectivity index is 1.41. The van der Waals surface area contributed by atoms with Gasteiger partial charge in [0.05, 0.1) is 0 Å².